The van der Waals surface area contributed by atoms with E-state index in [1.807, 2.05) is 55.5 Å². The van der Waals surface area contributed by atoms with Gasteiger partial charge in [-0.25, -0.2) is 9.48 Å². The SMILES string of the molecule is CCCCOC(=O)C1=C(C)Nc2nc(SCC)nn2C1c1ccc(OCc2ccccc2Cl)cc1. The van der Waals surface area contributed by atoms with E-state index >= 15 is 0 Å². The number of hydrogen-bond acceptors (Lipinski definition) is 7. The molecule has 0 amide bonds. The first kappa shape index (κ1) is 25.1. The van der Waals surface area contributed by atoms with Crippen LogP contribution in [0.1, 0.15) is 50.8 Å². The van der Waals surface area contributed by atoms with E-state index in [2.05, 4.69) is 29.2 Å². The van der Waals surface area contributed by atoms with Gasteiger partial charge < -0.3 is 14.8 Å². The molecular weight excluding hydrogens is 484 g/mol. The van der Waals surface area contributed by atoms with Crippen molar-refractivity contribution in [1.82, 2.24) is 14.8 Å². The summed E-state index contributed by atoms with van der Waals surface area (Å²) in [5, 5.41) is 9.25. The maximum Gasteiger partial charge on any atom is 0.338 e. The Hall–Kier alpha value is -2.97. The van der Waals surface area contributed by atoms with Gasteiger partial charge in [0.1, 0.15) is 18.4 Å². The van der Waals surface area contributed by atoms with Gasteiger partial charge in [-0.3, -0.25) is 0 Å². The second kappa shape index (κ2) is 11.6. The quantitative estimate of drug-likeness (QED) is 0.195. The Bertz CT molecular complexity index is 1210. The van der Waals surface area contributed by atoms with Gasteiger partial charge >= 0.3 is 5.97 Å². The van der Waals surface area contributed by atoms with E-state index in [9.17, 15) is 4.79 Å². The number of halogens is 1. The van der Waals surface area contributed by atoms with E-state index in [1.54, 1.807) is 16.4 Å². The van der Waals surface area contributed by atoms with Gasteiger partial charge in [0, 0.05) is 16.3 Å². The van der Waals surface area contributed by atoms with Crippen molar-refractivity contribution in [3.63, 3.8) is 0 Å². The number of nitrogens with one attached hydrogen (secondary N) is 1. The molecule has 1 N–H and O–H groups in total. The summed E-state index contributed by atoms with van der Waals surface area (Å²) in [7, 11) is 0. The van der Waals surface area contributed by atoms with Gasteiger partial charge in [0.2, 0.25) is 11.1 Å². The molecule has 1 aromatic heterocycles. The highest BCUT2D eigenvalue weighted by Gasteiger charge is 2.35. The lowest BCUT2D eigenvalue weighted by Gasteiger charge is -2.28. The molecule has 0 bridgehead atoms. The molecule has 184 valence electrons. The van der Waals surface area contributed by atoms with E-state index in [-0.39, 0.29) is 5.97 Å². The Kier molecular flexibility index (Phi) is 8.36. The molecule has 35 heavy (non-hydrogen) atoms. The molecule has 2 heterocycles. The molecule has 0 fully saturated rings. The van der Waals surface area contributed by atoms with Crippen molar-refractivity contribution in [2.75, 3.05) is 17.7 Å². The molecule has 9 heteroatoms. The summed E-state index contributed by atoms with van der Waals surface area (Å²) in [6.07, 6.45) is 1.77. The van der Waals surface area contributed by atoms with Crippen molar-refractivity contribution in [1.29, 1.82) is 0 Å². The number of unbranched alkanes of at least 4 members (excludes halogenated alkanes) is 1. The highest BCUT2D eigenvalue weighted by molar-refractivity contribution is 7.99. The minimum absolute atomic E-state index is 0.349. The number of anilines is 1. The van der Waals surface area contributed by atoms with Crippen LogP contribution < -0.4 is 10.1 Å². The normalized spacial score (nSPS) is 14.9. The Labute approximate surface area is 214 Å². The van der Waals surface area contributed by atoms with Gasteiger partial charge in [-0.2, -0.15) is 4.98 Å². The van der Waals surface area contributed by atoms with Crippen molar-refractivity contribution in [3.8, 4) is 5.75 Å². The maximum atomic E-state index is 13.1. The maximum absolute atomic E-state index is 13.1. The van der Waals surface area contributed by atoms with Crippen LogP contribution in [0, 0.1) is 0 Å². The average Bonchev–Trinajstić information content (AvgIpc) is 3.25. The van der Waals surface area contributed by atoms with Crippen molar-refractivity contribution >= 4 is 35.3 Å². The van der Waals surface area contributed by atoms with E-state index < -0.39 is 6.04 Å². The molecule has 2 aromatic carbocycles. The number of aromatic nitrogens is 3. The number of fused-ring (bicyclic) bond motifs is 1. The van der Waals surface area contributed by atoms with Gasteiger partial charge in [-0.1, -0.05) is 74.0 Å². The molecular formula is C26H29ClN4O3S. The molecule has 0 aliphatic carbocycles. The highest BCUT2D eigenvalue weighted by atomic mass is 35.5. The van der Waals surface area contributed by atoms with E-state index in [1.165, 1.54) is 0 Å². The van der Waals surface area contributed by atoms with Crippen LogP contribution in [0.2, 0.25) is 5.02 Å². The smallest absolute Gasteiger partial charge is 0.338 e. The van der Waals surface area contributed by atoms with Crippen LogP contribution in [0.15, 0.2) is 65.0 Å². The second-order valence-corrected chi connectivity index (χ2v) is 9.74. The standard InChI is InChI=1S/C26H29ClN4O3S/c1-4-6-15-33-24(32)22-17(3)28-25-29-26(35-5-2)30-31(25)23(22)18-11-13-20(14-12-18)34-16-19-9-7-8-10-21(19)27/h7-14,23H,4-6,15-16H2,1-3H3,(H,28,29,30). The highest BCUT2D eigenvalue weighted by Crippen LogP contribution is 2.37. The minimum atomic E-state index is -0.461. The van der Waals surface area contributed by atoms with Gasteiger partial charge in [0.15, 0.2) is 0 Å². The van der Waals surface area contributed by atoms with Crippen LogP contribution in [0.25, 0.3) is 0 Å². The monoisotopic (exact) mass is 512 g/mol. The molecule has 1 atom stereocenters. The minimum Gasteiger partial charge on any atom is -0.489 e. The third-order valence-electron chi connectivity index (χ3n) is 5.61. The molecule has 0 radical (unpaired) electrons. The summed E-state index contributed by atoms with van der Waals surface area (Å²) in [5.74, 6) is 1.81. The van der Waals surface area contributed by atoms with Gasteiger partial charge in [0.25, 0.3) is 0 Å². The number of nitrogens with zero attached hydrogens (tertiary/aromatic N) is 3. The Balaban J connectivity index is 1.62. The number of allylic oxidation sites excluding steroid dienone is 1. The van der Waals surface area contributed by atoms with Gasteiger partial charge in [0.05, 0.1) is 12.2 Å². The molecule has 1 aliphatic heterocycles. The number of thioether (sulfide) groups is 1. The second-order valence-electron chi connectivity index (χ2n) is 8.10. The largest absolute Gasteiger partial charge is 0.489 e. The number of benzene rings is 2. The fourth-order valence-corrected chi connectivity index (χ4v) is 4.55. The first-order valence-corrected chi connectivity index (χ1v) is 13.1. The predicted molar refractivity (Wildman–Crippen MR) is 139 cm³/mol. The van der Waals surface area contributed by atoms with Crippen LogP contribution in [0.3, 0.4) is 0 Å². The topological polar surface area (TPSA) is 78.3 Å². The van der Waals surface area contributed by atoms with Crippen molar-refractivity contribution in [3.05, 3.63) is 76.0 Å². The molecule has 0 saturated carbocycles. The molecule has 7 nitrogen and oxygen atoms in total. The number of carbonyl (C=O) groups excluding carboxylic acids is 1. The number of hydrogen-bond donors (Lipinski definition) is 1. The third-order valence-corrected chi connectivity index (χ3v) is 6.69. The lowest BCUT2D eigenvalue weighted by Crippen LogP contribution is -2.29. The number of carbonyl (C=O) groups is 1. The van der Waals surface area contributed by atoms with E-state index in [0.29, 0.717) is 46.4 Å². The molecule has 4 rings (SSSR count). The van der Waals surface area contributed by atoms with E-state index in [0.717, 1.165) is 29.7 Å². The zero-order chi connectivity index (χ0) is 24.8. The van der Waals surface area contributed by atoms with Crippen LogP contribution in [-0.2, 0) is 16.1 Å². The van der Waals surface area contributed by atoms with Crippen LogP contribution in [0.5, 0.6) is 5.75 Å². The summed E-state index contributed by atoms with van der Waals surface area (Å²) in [5.41, 5.74) is 3.04. The summed E-state index contributed by atoms with van der Waals surface area (Å²) in [6.45, 7) is 6.74. The van der Waals surface area contributed by atoms with Crippen molar-refractivity contribution < 1.29 is 14.3 Å². The lowest BCUT2D eigenvalue weighted by atomic mass is 9.96. The number of rotatable bonds is 10. The summed E-state index contributed by atoms with van der Waals surface area (Å²) < 4.78 is 13.3. The fraction of sp³-hybridized carbons (Fsp3) is 0.346. The van der Waals surface area contributed by atoms with Gasteiger partial charge in [-0.15, -0.1) is 5.10 Å². The number of esters is 1. The first-order chi connectivity index (χ1) is 17.0. The Morgan fingerprint density at radius 2 is 1.94 bits per heavy atom. The molecule has 0 spiro atoms. The zero-order valence-electron chi connectivity index (χ0n) is 20.1. The average molecular weight is 513 g/mol. The lowest BCUT2D eigenvalue weighted by molar-refractivity contribution is -0.139. The van der Waals surface area contributed by atoms with Crippen molar-refractivity contribution in [2.45, 2.75) is 51.4 Å². The summed E-state index contributed by atoms with van der Waals surface area (Å²) in [4.78, 5) is 17.7. The summed E-state index contributed by atoms with van der Waals surface area (Å²) in [6, 6.07) is 14.8. The Morgan fingerprint density at radius 3 is 2.66 bits per heavy atom. The predicted octanol–water partition coefficient (Wildman–Crippen LogP) is 6.25. The summed E-state index contributed by atoms with van der Waals surface area (Å²) >= 11 is 7.80. The molecule has 3 aromatic rings. The van der Waals surface area contributed by atoms with Crippen LogP contribution in [-0.4, -0.2) is 33.1 Å². The third kappa shape index (κ3) is 5.82. The van der Waals surface area contributed by atoms with Crippen LogP contribution >= 0.6 is 23.4 Å². The van der Waals surface area contributed by atoms with E-state index in [4.69, 9.17) is 21.1 Å². The fourth-order valence-electron chi connectivity index (χ4n) is 3.80. The van der Waals surface area contributed by atoms with Gasteiger partial charge in [-0.05, 0) is 42.9 Å². The first-order valence-electron chi connectivity index (χ1n) is 11.7. The molecule has 0 saturated heterocycles. The number of ether oxygens (including phenoxy) is 2. The van der Waals surface area contributed by atoms with Crippen molar-refractivity contribution in [2.24, 2.45) is 0 Å². The molecule has 1 aliphatic rings. The Morgan fingerprint density at radius 1 is 1.17 bits per heavy atom. The van der Waals surface area contributed by atoms with Crippen LogP contribution in [0.4, 0.5) is 5.95 Å². The molecule has 1 unspecified atom stereocenters. The zero-order valence-corrected chi connectivity index (χ0v) is 21.7.